The maximum Gasteiger partial charge on any atom is 0.238 e. The second-order valence-corrected chi connectivity index (χ2v) is 10.4. The quantitative estimate of drug-likeness (QED) is 0.470. The summed E-state index contributed by atoms with van der Waals surface area (Å²) < 4.78 is 22.7. The molecule has 6 N–H and O–H groups in total. The Morgan fingerprint density at radius 1 is 1.31 bits per heavy atom. The molecule has 0 saturated carbocycles. The van der Waals surface area contributed by atoms with E-state index in [1.165, 1.54) is 18.2 Å². The first kappa shape index (κ1) is 21.3. The van der Waals surface area contributed by atoms with Crippen LogP contribution >= 0.6 is 23.8 Å². The third-order valence-corrected chi connectivity index (χ3v) is 6.09. The van der Waals surface area contributed by atoms with Gasteiger partial charge in [0, 0.05) is 18.9 Å². The topological polar surface area (TPSA) is 109 Å². The molecule has 146 valence electrons. The molecule has 2 rings (SSSR count). The van der Waals surface area contributed by atoms with E-state index in [0.717, 1.165) is 12.8 Å². The van der Waals surface area contributed by atoms with Gasteiger partial charge in [-0.1, -0.05) is 11.6 Å². The molecule has 1 saturated heterocycles. The first-order chi connectivity index (χ1) is 11.7. The molecule has 1 aliphatic rings. The Hall–Kier alpha value is -0.970. The highest BCUT2D eigenvalue weighted by atomic mass is 35.5. The predicted molar refractivity (Wildman–Crippen MR) is 106 cm³/mol. The highest BCUT2D eigenvalue weighted by Crippen LogP contribution is 2.26. The van der Waals surface area contributed by atoms with Crippen molar-refractivity contribution in [3.63, 3.8) is 0 Å². The number of piperidine rings is 1. The number of benzene rings is 1. The first-order valence-corrected chi connectivity index (χ1v) is 10.5. The third-order valence-electron chi connectivity index (χ3n) is 4.65. The second kappa shape index (κ2) is 7.21. The summed E-state index contributed by atoms with van der Waals surface area (Å²) in [5, 5.41) is 22.9. The maximum absolute atomic E-state index is 11.4. The lowest BCUT2D eigenvalue weighted by Gasteiger charge is -2.47. The van der Waals surface area contributed by atoms with Crippen LogP contribution in [0.4, 0.5) is 5.69 Å². The first-order valence-electron chi connectivity index (χ1n) is 8.19. The lowest BCUT2D eigenvalue weighted by molar-refractivity contribution is -1.16. The molecule has 1 fully saturated rings. The van der Waals surface area contributed by atoms with E-state index in [-0.39, 0.29) is 27.0 Å². The minimum atomic E-state index is -3.81. The summed E-state index contributed by atoms with van der Waals surface area (Å²) in [4.78, 5) is -0.0614. The van der Waals surface area contributed by atoms with Crippen molar-refractivity contribution in [1.29, 1.82) is 0 Å². The zero-order valence-corrected chi connectivity index (χ0v) is 17.6. The number of anilines is 1. The van der Waals surface area contributed by atoms with Crippen LogP contribution in [-0.4, -0.2) is 35.9 Å². The van der Waals surface area contributed by atoms with Crippen LogP contribution in [0, 0.1) is 0 Å². The van der Waals surface area contributed by atoms with Crippen LogP contribution in [0.15, 0.2) is 23.1 Å². The number of sulfonamides is 1. The molecule has 1 aromatic carbocycles. The van der Waals surface area contributed by atoms with E-state index in [1.807, 2.05) is 27.7 Å². The van der Waals surface area contributed by atoms with Crippen molar-refractivity contribution in [1.82, 2.24) is 5.32 Å². The van der Waals surface area contributed by atoms with Gasteiger partial charge < -0.3 is 10.6 Å². The van der Waals surface area contributed by atoms with Crippen molar-refractivity contribution in [2.75, 3.05) is 5.32 Å². The summed E-state index contributed by atoms with van der Waals surface area (Å²) in [5.41, 5.74) is -0.145. The molecule has 0 bridgehead atoms. The summed E-state index contributed by atoms with van der Waals surface area (Å²) in [5.74, 6) is 0. The fourth-order valence-corrected chi connectivity index (χ4v) is 4.74. The molecule has 0 aliphatic carbocycles. The van der Waals surface area contributed by atoms with Crippen molar-refractivity contribution in [3.05, 3.63) is 23.2 Å². The standard InChI is InChI=1S/C16H25ClN4O3S2/c1-15(2)8-10(9-16(3,4)21(15)22)19-14(25)20-13-6-5-11(7-12(13)17)26(18,23)24/h5-7,10,22H,8-9H2,1-4H3,(H2,18,23,24)(H2,19,20,25)/p+1. The van der Waals surface area contributed by atoms with Gasteiger partial charge in [0.05, 0.1) is 15.6 Å². The van der Waals surface area contributed by atoms with Crippen LogP contribution < -0.4 is 20.8 Å². The molecule has 26 heavy (non-hydrogen) atoms. The minimum absolute atomic E-state index is 0.0614. The van der Waals surface area contributed by atoms with Gasteiger partial charge in [0.2, 0.25) is 10.0 Å². The number of hydrogen-bond donors (Lipinski definition) is 5. The molecule has 0 spiro atoms. The number of hydroxylamine groups is 2. The number of primary sulfonamides is 1. The van der Waals surface area contributed by atoms with E-state index < -0.39 is 10.0 Å². The SMILES string of the molecule is CC1(C)CC(NC(=S)Nc2ccc(S(N)(=O)=O)cc2Cl)CC(C)(C)[NH+]1O. The van der Waals surface area contributed by atoms with E-state index >= 15 is 0 Å². The van der Waals surface area contributed by atoms with Gasteiger partial charge in [-0.25, -0.2) is 18.8 Å². The molecule has 0 radical (unpaired) electrons. The highest BCUT2D eigenvalue weighted by molar-refractivity contribution is 7.89. The number of thiocarbonyl (C=S) groups is 1. The number of rotatable bonds is 3. The molecule has 0 atom stereocenters. The summed E-state index contributed by atoms with van der Waals surface area (Å²) in [7, 11) is -3.81. The lowest BCUT2D eigenvalue weighted by Crippen LogP contribution is -3.25. The number of quaternary nitrogens is 1. The Balaban J connectivity index is 2.08. The fourth-order valence-electron chi connectivity index (χ4n) is 3.63. The van der Waals surface area contributed by atoms with Crippen molar-refractivity contribution < 1.29 is 18.7 Å². The molecule has 1 aromatic rings. The molecular weight excluding hydrogens is 396 g/mol. The third kappa shape index (κ3) is 4.85. The van der Waals surface area contributed by atoms with Gasteiger partial charge in [0.25, 0.3) is 0 Å². The van der Waals surface area contributed by atoms with E-state index in [1.54, 1.807) is 0 Å². The predicted octanol–water partition coefficient (Wildman–Crippen LogP) is 1.27. The molecule has 7 nitrogen and oxygen atoms in total. The Kier molecular flexibility index (Phi) is 5.92. The molecule has 0 amide bonds. The second-order valence-electron chi connectivity index (χ2n) is 8.01. The van der Waals surface area contributed by atoms with E-state index in [2.05, 4.69) is 10.6 Å². The van der Waals surface area contributed by atoms with Crippen molar-refractivity contribution >= 4 is 44.6 Å². The molecule has 0 aromatic heterocycles. The number of nitrogens with two attached hydrogens (primary N) is 1. The average molecular weight is 422 g/mol. The fraction of sp³-hybridized carbons (Fsp3) is 0.562. The Labute approximate surface area is 164 Å². The molecule has 0 unspecified atom stereocenters. The van der Waals surface area contributed by atoms with E-state index in [9.17, 15) is 13.6 Å². The molecule has 10 heteroatoms. The van der Waals surface area contributed by atoms with Crippen LogP contribution in [0.2, 0.25) is 5.02 Å². The minimum Gasteiger partial charge on any atom is -0.359 e. The van der Waals surface area contributed by atoms with E-state index in [4.69, 9.17) is 29.0 Å². The summed E-state index contributed by atoms with van der Waals surface area (Å²) in [6.07, 6.45) is 1.48. The zero-order valence-electron chi connectivity index (χ0n) is 15.3. The van der Waals surface area contributed by atoms with Gasteiger partial charge in [-0.2, -0.15) is 5.06 Å². The Bertz CT molecular complexity index is 794. The highest BCUT2D eigenvalue weighted by Gasteiger charge is 2.49. The molecule has 1 aliphatic heterocycles. The Morgan fingerprint density at radius 3 is 2.31 bits per heavy atom. The smallest absolute Gasteiger partial charge is 0.238 e. The van der Waals surface area contributed by atoms with Crippen molar-refractivity contribution in [3.8, 4) is 0 Å². The van der Waals surface area contributed by atoms with E-state index in [0.29, 0.717) is 15.9 Å². The normalized spacial score (nSPS) is 24.7. The number of halogens is 1. The van der Waals surface area contributed by atoms with Crippen molar-refractivity contribution in [2.45, 2.75) is 62.6 Å². The Morgan fingerprint density at radius 2 is 1.85 bits per heavy atom. The van der Waals surface area contributed by atoms with Gasteiger partial charge in [0.1, 0.15) is 11.1 Å². The van der Waals surface area contributed by atoms with Gasteiger partial charge in [-0.3, -0.25) is 0 Å². The molecule has 1 heterocycles. The average Bonchev–Trinajstić information content (AvgIpc) is 2.45. The van der Waals surface area contributed by atoms with Gasteiger partial charge in [-0.15, -0.1) is 0 Å². The summed E-state index contributed by atoms with van der Waals surface area (Å²) in [6, 6.07) is 4.25. The van der Waals surface area contributed by atoms with Crippen LogP contribution in [0.25, 0.3) is 0 Å². The van der Waals surface area contributed by atoms with Crippen LogP contribution in [0.5, 0.6) is 0 Å². The summed E-state index contributed by atoms with van der Waals surface area (Å²) in [6.45, 7) is 8.04. The molecular formula is C16H26ClN4O3S2+. The van der Waals surface area contributed by atoms with Crippen LogP contribution in [0.1, 0.15) is 40.5 Å². The van der Waals surface area contributed by atoms with Gasteiger partial charge in [-0.05, 0) is 58.1 Å². The lowest BCUT2D eigenvalue weighted by atomic mass is 9.79. The van der Waals surface area contributed by atoms with Crippen LogP contribution in [0.3, 0.4) is 0 Å². The number of hydrogen-bond acceptors (Lipinski definition) is 4. The van der Waals surface area contributed by atoms with Gasteiger partial charge in [0.15, 0.2) is 5.11 Å². The summed E-state index contributed by atoms with van der Waals surface area (Å²) >= 11 is 11.5. The van der Waals surface area contributed by atoms with Crippen LogP contribution in [-0.2, 0) is 10.0 Å². The maximum atomic E-state index is 11.4. The van der Waals surface area contributed by atoms with Gasteiger partial charge >= 0.3 is 0 Å². The zero-order chi connectivity index (χ0) is 19.9. The van der Waals surface area contributed by atoms with Crippen molar-refractivity contribution in [2.24, 2.45) is 5.14 Å². The number of nitrogens with one attached hydrogen (secondary N) is 3. The largest absolute Gasteiger partial charge is 0.359 e. The monoisotopic (exact) mass is 421 g/mol.